The van der Waals surface area contributed by atoms with Gasteiger partial charge in [0.15, 0.2) is 0 Å². The highest BCUT2D eigenvalue weighted by Crippen LogP contribution is 2.17. The van der Waals surface area contributed by atoms with Gasteiger partial charge >= 0.3 is 0 Å². The van der Waals surface area contributed by atoms with Crippen LogP contribution in [0.3, 0.4) is 0 Å². The maximum Gasteiger partial charge on any atom is 0.243 e. The molecule has 168 valence electrons. The van der Waals surface area contributed by atoms with E-state index < -0.39 is 6.04 Å². The van der Waals surface area contributed by atoms with Crippen LogP contribution in [0.25, 0.3) is 0 Å². The molecule has 1 N–H and O–H groups in total. The standard InChI is InChI=1S/C26H36N2O3/c1-6-24(26(30)27-19(2)3)28(18-22-11-8-7-10-21(22)5)25(29)12-9-17-31-23-15-13-20(4)14-16-23/h7-8,10-11,13-16,19,24H,6,9,12,17-18H2,1-5H3,(H,27,30). The number of rotatable bonds is 11. The Morgan fingerprint density at radius 1 is 1.03 bits per heavy atom. The van der Waals surface area contributed by atoms with Gasteiger partial charge in [0.05, 0.1) is 6.61 Å². The Kier molecular flexibility index (Phi) is 9.57. The zero-order valence-electron chi connectivity index (χ0n) is 19.5. The molecule has 0 saturated carbocycles. The maximum atomic E-state index is 13.2. The van der Waals surface area contributed by atoms with Crippen LogP contribution in [0.2, 0.25) is 0 Å². The lowest BCUT2D eigenvalue weighted by Crippen LogP contribution is -2.50. The van der Waals surface area contributed by atoms with Gasteiger partial charge < -0.3 is 15.0 Å². The van der Waals surface area contributed by atoms with Crippen molar-refractivity contribution >= 4 is 11.8 Å². The molecule has 5 nitrogen and oxygen atoms in total. The third-order valence-electron chi connectivity index (χ3n) is 5.24. The summed E-state index contributed by atoms with van der Waals surface area (Å²) < 4.78 is 5.77. The summed E-state index contributed by atoms with van der Waals surface area (Å²) in [5.74, 6) is 0.675. The van der Waals surface area contributed by atoms with E-state index in [2.05, 4.69) is 5.32 Å². The van der Waals surface area contributed by atoms with Crippen molar-refractivity contribution < 1.29 is 14.3 Å². The molecule has 31 heavy (non-hydrogen) atoms. The van der Waals surface area contributed by atoms with E-state index in [1.807, 2.05) is 83.1 Å². The summed E-state index contributed by atoms with van der Waals surface area (Å²) in [5, 5.41) is 2.97. The molecule has 1 atom stereocenters. The number of aryl methyl sites for hydroxylation is 2. The highest BCUT2D eigenvalue weighted by atomic mass is 16.5. The fourth-order valence-corrected chi connectivity index (χ4v) is 3.46. The lowest BCUT2D eigenvalue weighted by molar-refractivity contribution is -0.141. The quantitative estimate of drug-likeness (QED) is 0.528. The Bertz CT molecular complexity index is 846. The summed E-state index contributed by atoms with van der Waals surface area (Å²) in [7, 11) is 0. The first-order valence-electron chi connectivity index (χ1n) is 11.2. The number of hydrogen-bond acceptors (Lipinski definition) is 3. The molecule has 0 fully saturated rings. The molecule has 0 aliphatic heterocycles. The molecule has 0 bridgehead atoms. The highest BCUT2D eigenvalue weighted by Gasteiger charge is 2.28. The topological polar surface area (TPSA) is 58.6 Å². The lowest BCUT2D eigenvalue weighted by Gasteiger charge is -2.31. The van der Waals surface area contributed by atoms with Crippen molar-refractivity contribution in [3.05, 3.63) is 65.2 Å². The summed E-state index contributed by atoms with van der Waals surface area (Å²) in [6.07, 6.45) is 1.50. The van der Waals surface area contributed by atoms with Gasteiger partial charge in [-0.05, 0) is 63.8 Å². The fraction of sp³-hybridized carbons (Fsp3) is 0.462. The number of hydrogen-bond donors (Lipinski definition) is 1. The van der Waals surface area contributed by atoms with Crippen molar-refractivity contribution in [3.8, 4) is 5.75 Å². The third kappa shape index (κ3) is 7.74. The molecule has 2 aromatic carbocycles. The van der Waals surface area contributed by atoms with Gasteiger partial charge in [0.25, 0.3) is 0 Å². The van der Waals surface area contributed by atoms with Gasteiger partial charge in [-0.3, -0.25) is 9.59 Å². The van der Waals surface area contributed by atoms with Crippen LogP contribution in [0.15, 0.2) is 48.5 Å². The summed E-state index contributed by atoms with van der Waals surface area (Å²) in [4.78, 5) is 27.7. The molecule has 0 heterocycles. The minimum atomic E-state index is -0.493. The Morgan fingerprint density at radius 3 is 2.32 bits per heavy atom. The van der Waals surface area contributed by atoms with Gasteiger partial charge in [0.2, 0.25) is 11.8 Å². The minimum absolute atomic E-state index is 0.0264. The van der Waals surface area contributed by atoms with Crippen LogP contribution in [-0.4, -0.2) is 35.4 Å². The van der Waals surface area contributed by atoms with Crippen molar-refractivity contribution in [3.63, 3.8) is 0 Å². The van der Waals surface area contributed by atoms with Crippen LogP contribution in [-0.2, 0) is 16.1 Å². The molecule has 0 aliphatic rings. The Balaban J connectivity index is 2.06. The van der Waals surface area contributed by atoms with E-state index in [-0.39, 0.29) is 17.9 Å². The van der Waals surface area contributed by atoms with E-state index >= 15 is 0 Å². The fourth-order valence-electron chi connectivity index (χ4n) is 3.46. The lowest BCUT2D eigenvalue weighted by atomic mass is 10.0. The van der Waals surface area contributed by atoms with Gasteiger partial charge in [-0.2, -0.15) is 0 Å². The third-order valence-corrected chi connectivity index (χ3v) is 5.24. The number of ether oxygens (including phenoxy) is 1. The van der Waals surface area contributed by atoms with Crippen molar-refractivity contribution in [2.45, 2.75) is 72.5 Å². The molecule has 0 aliphatic carbocycles. The van der Waals surface area contributed by atoms with E-state index in [1.165, 1.54) is 5.56 Å². The van der Waals surface area contributed by atoms with Gasteiger partial charge in [0.1, 0.15) is 11.8 Å². The zero-order chi connectivity index (χ0) is 22.8. The first-order chi connectivity index (χ1) is 14.8. The number of nitrogens with one attached hydrogen (secondary N) is 1. The van der Waals surface area contributed by atoms with Crippen LogP contribution in [0.4, 0.5) is 0 Å². The summed E-state index contributed by atoms with van der Waals surface area (Å²) in [5.41, 5.74) is 3.35. The number of benzene rings is 2. The number of carbonyl (C=O) groups is 2. The maximum absolute atomic E-state index is 13.2. The van der Waals surface area contributed by atoms with Crippen molar-refractivity contribution in [1.82, 2.24) is 10.2 Å². The Morgan fingerprint density at radius 2 is 1.71 bits per heavy atom. The van der Waals surface area contributed by atoms with Crippen LogP contribution in [0.1, 0.15) is 56.7 Å². The molecule has 0 radical (unpaired) electrons. The van der Waals surface area contributed by atoms with Crippen LogP contribution in [0.5, 0.6) is 5.75 Å². The second-order valence-electron chi connectivity index (χ2n) is 8.30. The summed E-state index contributed by atoms with van der Waals surface area (Å²) >= 11 is 0. The Hall–Kier alpha value is -2.82. The molecular formula is C26H36N2O3. The normalized spacial score (nSPS) is 11.8. The number of carbonyl (C=O) groups excluding carboxylic acids is 2. The summed E-state index contributed by atoms with van der Waals surface area (Å²) in [6.45, 7) is 10.8. The van der Waals surface area contributed by atoms with Crippen molar-refractivity contribution in [1.29, 1.82) is 0 Å². The largest absolute Gasteiger partial charge is 0.494 e. The minimum Gasteiger partial charge on any atom is -0.494 e. The second-order valence-corrected chi connectivity index (χ2v) is 8.30. The molecule has 0 saturated heterocycles. The van der Waals surface area contributed by atoms with Gasteiger partial charge in [-0.25, -0.2) is 0 Å². The Labute approximate surface area is 186 Å². The van der Waals surface area contributed by atoms with E-state index in [0.29, 0.717) is 32.4 Å². The molecule has 2 aromatic rings. The van der Waals surface area contributed by atoms with Gasteiger partial charge in [0, 0.05) is 19.0 Å². The second kappa shape index (κ2) is 12.1. The van der Waals surface area contributed by atoms with E-state index in [4.69, 9.17) is 4.74 Å². The molecule has 5 heteroatoms. The van der Waals surface area contributed by atoms with E-state index in [9.17, 15) is 9.59 Å². The monoisotopic (exact) mass is 424 g/mol. The zero-order valence-corrected chi connectivity index (χ0v) is 19.5. The molecule has 0 spiro atoms. The average molecular weight is 425 g/mol. The predicted octanol–water partition coefficient (Wildman–Crippen LogP) is 4.79. The number of nitrogens with zero attached hydrogens (tertiary/aromatic N) is 1. The SMILES string of the molecule is CCC(C(=O)NC(C)C)N(Cc1ccccc1C)C(=O)CCCOc1ccc(C)cc1. The smallest absolute Gasteiger partial charge is 0.243 e. The molecule has 1 unspecified atom stereocenters. The van der Waals surface area contributed by atoms with Gasteiger partial charge in [-0.15, -0.1) is 0 Å². The first kappa shape index (κ1) is 24.4. The van der Waals surface area contributed by atoms with Crippen LogP contribution >= 0.6 is 0 Å². The van der Waals surface area contributed by atoms with Crippen LogP contribution < -0.4 is 10.1 Å². The predicted molar refractivity (Wildman–Crippen MR) is 125 cm³/mol. The highest BCUT2D eigenvalue weighted by molar-refractivity contribution is 5.87. The summed E-state index contributed by atoms with van der Waals surface area (Å²) in [6, 6.07) is 15.4. The number of amides is 2. The van der Waals surface area contributed by atoms with Crippen molar-refractivity contribution in [2.75, 3.05) is 6.61 Å². The molecule has 2 rings (SSSR count). The van der Waals surface area contributed by atoms with Gasteiger partial charge in [-0.1, -0.05) is 48.9 Å². The molecule has 0 aromatic heterocycles. The average Bonchev–Trinajstić information content (AvgIpc) is 2.73. The van der Waals surface area contributed by atoms with E-state index in [1.54, 1.807) is 4.90 Å². The van der Waals surface area contributed by atoms with Crippen LogP contribution in [0, 0.1) is 13.8 Å². The van der Waals surface area contributed by atoms with Crippen molar-refractivity contribution in [2.24, 2.45) is 0 Å². The van der Waals surface area contributed by atoms with E-state index in [0.717, 1.165) is 16.9 Å². The molecule has 2 amide bonds. The molecular weight excluding hydrogens is 388 g/mol. The first-order valence-corrected chi connectivity index (χ1v) is 11.2.